The molecular weight excluding hydrogens is 146 g/mol. The van der Waals surface area contributed by atoms with Gasteiger partial charge in [-0.25, -0.2) is 0 Å². The molecule has 0 unspecified atom stereocenters. The van der Waals surface area contributed by atoms with Crippen LogP contribution < -0.4 is 5.73 Å². The Labute approximate surface area is 56.2 Å². The molecule has 0 bridgehead atoms. The Kier molecular flexibility index (Phi) is 3.55. The van der Waals surface area contributed by atoms with Crippen molar-refractivity contribution in [2.45, 2.75) is 0 Å². The van der Waals surface area contributed by atoms with Crippen molar-refractivity contribution in [2.24, 2.45) is 5.73 Å². The Morgan fingerprint density at radius 2 is 2.38 bits per heavy atom. The van der Waals surface area contributed by atoms with Gasteiger partial charge in [0.2, 0.25) is 0 Å². The summed E-state index contributed by atoms with van der Waals surface area (Å²) >= 11 is 5.34. The Bertz CT molecular complexity index is 99.9. The fraction of sp³-hybridized carbons (Fsp3) is 0.333. The largest absolute Gasteiger partial charge is 0.481 e. The number of carbonyl (C=O) groups is 1. The molecule has 0 aromatic rings. The number of carboxylic acid groups (broad SMARTS) is 1. The molecule has 0 saturated heterocycles. The van der Waals surface area contributed by atoms with Crippen molar-refractivity contribution < 1.29 is 9.90 Å². The molecule has 0 spiro atoms. The van der Waals surface area contributed by atoms with Crippen molar-refractivity contribution in [2.75, 3.05) is 5.75 Å². The van der Waals surface area contributed by atoms with Gasteiger partial charge < -0.3 is 10.8 Å². The molecule has 0 aliphatic rings. The lowest BCUT2D eigenvalue weighted by atomic mass is 10.8. The zero-order valence-corrected chi connectivity index (χ0v) is 5.59. The monoisotopic (exact) mass is 151 g/mol. The summed E-state index contributed by atoms with van der Waals surface area (Å²) in [6, 6.07) is 0. The SMILES string of the molecule is NC(=S)SCC(=O)O. The molecule has 0 aromatic carbocycles. The fourth-order valence-electron chi connectivity index (χ4n) is 0.133. The summed E-state index contributed by atoms with van der Waals surface area (Å²) in [6.45, 7) is 0. The minimum Gasteiger partial charge on any atom is -0.481 e. The van der Waals surface area contributed by atoms with Gasteiger partial charge in [-0.3, -0.25) is 4.79 Å². The number of thioether (sulfide) groups is 1. The van der Waals surface area contributed by atoms with Gasteiger partial charge in [0.1, 0.15) is 4.32 Å². The summed E-state index contributed by atoms with van der Waals surface area (Å²) in [5.41, 5.74) is 4.97. The summed E-state index contributed by atoms with van der Waals surface area (Å²) in [7, 11) is 0. The van der Waals surface area contributed by atoms with Crippen LogP contribution in [0.3, 0.4) is 0 Å². The maximum Gasteiger partial charge on any atom is 0.313 e. The quantitative estimate of drug-likeness (QED) is 0.546. The van der Waals surface area contributed by atoms with Gasteiger partial charge in [0, 0.05) is 0 Å². The first kappa shape index (κ1) is 7.71. The average molecular weight is 151 g/mol. The summed E-state index contributed by atoms with van der Waals surface area (Å²) < 4.78 is 0.174. The highest BCUT2D eigenvalue weighted by molar-refractivity contribution is 8.23. The van der Waals surface area contributed by atoms with Gasteiger partial charge in [-0.2, -0.15) is 0 Å². The Morgan fingerprint density at radius 1 is 1.88 bits per heavy atom. The number of thiocarbonyl (C=S) groups is 1. The first-order valence-corrected chi connectivity index (χ1v) is 3.16. The Morgan fingerprint density at radius 3 is 2.50 bits per heavy atom. The molecule has 3 N–H and O–H groups in total. The van der Waals surface area contributed by atoms with Crippen molar-refractivity contribution in [3.05, 3.63) is 0 Å². The third-order valence-corrected chi connectivity index (χ3v) is 1.37. The van der Waals surface area contributed by atoms with Crippen molar-refractivity contribution in [3.63, 3.8) is 0 Å². The highest BCUT2D eigenvalue weighted by Gasteiger charge is 1.96. The van der Waals surface area contributed by atoms with E-state index >= 15 is 0 Å². The number of nitrogens with two attached hydrogens (primary N) is 1. The van der Waals surface area contributed by atoms with Gasteiger partial charge >= 0.3 is 5.97 Å². The third-order valence-electron chi connectivity index (χ3n) is 0.338. The number of carboxylic acids is 1. The van der Waals surface area contributed by atoms with Crippen LogP contribution in [0.1, 0.15) is 0 Å². The molecule has 0 radical (unpaired) electrons. The van der Waals surface area contributed by atoms with E-state index in [0.717, 1.165) is 11.8 Å². The molecule has 8 heavy (non-hydrogen) atoms. The molecule has 0 fully saturated rings. The zero-order valence-electron chi connectivity index (χ0n) is 3.96. The lowest BCUT2D eigenvalue weighted by Gasteiger charge is -1.89. The predicted molar refractivity (Wildman–Crippen MR) is 36.9 cm³/mol. The predicted octanol–water partition coefficient (Wildman–Crippen LogP) is 0.0478. The van der Waals surface area contributed by atoms with Gasteiger partial charge in [-0.05, 0) is 0 Å². The minimum atomic E-state index is -0.900. The molecule has 0 heterocycles. The standard InChI is InChI=1S/C3H5NO2S2/c4-3(7)8-1-2(5)6/h1H2,(H2,4,7)(H,5,6). The molecule has 0 aromatic heterocycles. The zero-order chi connectivity index (χ0) is 6.57. The first-order valence-electron chi connectivity index (χ1n) is 1.77. The number of hydrogen-bond acceptors (Lipinski definition) is 3. The van der Waals surface area contributed by atoms with E-state index in [1.54, 1.807) is 0 Å². The molecule has 0 atom stereocenters. The second-order valence-electron chi connectivity index (χ2n) is 1.00. The van der Waals surface area contributed by atoms with E-state index in [2.05, 4.69) is 12.2 Å². The van der Waals surface area contributed by atoms with Gasteiger partial charge in [-0.1, -0.05) is 24.0 Å². The Hall–Kier alpha value is -0.290. The summed E-state index contributed by atoms with van der Waals surface area (Å²) in [4.78, 5) is 9.77. The van der Waals surface area contributed by atoms with E-state index in [4.69, 9.17) is 10.8 Å². The van der Waals surface area contributed by atoms with E-state index in [0.29, 0.717) is 0 Å². The van der Waals surface area contributed by atoms with Crippen LogP contribution in [0.5, 0.6) is 0 Å². The summed E-state index contributed by atoms with van der Waals surface area (Å²) in [5, 5.41) is 8.03. The first-order chi connectivity index (χ1) is 3.63. The van der Waals surface area contributed by atoms with E-state index in [1.807, 2.05) is 0 Å². The molecule has 0 saturated carbocycles. The van der Waals surface area contributed by atoms with E-state index in [9.17, 15) is 4.79 Å². The highest BCUT2D eigenvalue weighted by Crippen LogP contribution is 1.96. The second-order valence-corrected chi connectivity index (χ2v) is 2.72. The number of hydrogen-bond donors (Lipinski definition) is 2. The van der Waals surface area contributed by atoms with Gasteiger partial charge in [0.15, 0.2) is 0 Å². The van der Waals surface area contributed by atoms with Gasteiger partial charge in [-0.15, -0.1) is 0 Å². The van der Waals surface area contributed by atoms with Crippen molar-refractivity contribution in [1.29, 1.82) is 0 Å². The summed E-state index contributed by atoms with van der Waals surface area (Å²) in [5.74, 6) is -0.946. The van der Waals surface area contributed by atoms with Gasteiger partial charge in [0.25, 0.3) is 0 Å². The van der Waals surface area contributed by atoms with Crippen LogP contribution in [-0.2, 0) is 4.79 Å². The normalized spacial score (nSPS) is 8.50. The minimum absolute atomic E-state index is 0.0463. The van der Waals surface area contributed by atoms with Crippen molar-refractivity contribution in [1.82, 2.24) is 0 Å². The molecule has 0 amide bonds. The van der Waals surface area contributed by atoms with Crippen LogP contribution in [-0.4, -0.2) is 21.1 Å². The van der Waals surface area contributed by atoms with Crippen molar-refractivity contribution >= 4 is 34.3 Å². The van der Waals surface area contributed by atoms with E-state index < -0.39 is 5.97 Å². The molecular formula is C3H5NO2S2. The molecule has 0 aliphatic carbocycles. The second kappa shape index (κ2) is 3.68. The summed E-state index contributed by atoms with van der Waals surface area (Å²) in [6.07, 6.45) is 0. The van der Waals surface area contributed by atoms with E-state index in [-0.39, 0.29) is 10.1 Å². The average Bonchev–Trinajstić information content (AvgIpc) is 1.61. The van der Waals surface area contributed by atoms with Crippen LogP contribution in [0, 0.1) is 0 Å². The maximum absolute atomic E-state index is 9.77. The lowest BCUT2D eigenvalue weighted by molar-refractivity contribution is -0.133. The molecule has 0 rings (SSSR count). The highest BCUT2D eigenvalue weighted by atomic mass is 32.2. The van der Waals surface area contributed by atoms with Crippen LogP contribution in [0.15, 0.2) is 0 Å². The topological polar surface area (TPSA) is 63.3 Å². The molecule has 5 heteroatoms. The van der Waals surface area contributed by atoms with Crippen LogP contribution in [0.25, 0.3) is 0 Å². The van der Waals surface area contributed by atoms with Crippen LogP contribution in [0.2, 0.25) is 0 Å². The smallest absolute Gasteiger partial charge is 0.313 e. The maximum atomic E-state index is 9.77. The number of rotatable bonds is 2. The van der Waals surface area contributed by atoms with Crippen LogP contribution >= 0.6 is 24.0 Å². The van der Waals surface area contributed by atoms with Crippen molar-refractivity contribution in [3.8, 4) is 0 Å². The lowest BCUT2D eigenvalue weighted by Crippen LogP contribution is -2.07. The van der Waals surface area contributed by atoms with Crippen LogP contribution in [0.4, 0.5) is 0 Å². The fourth-order valence-corrected chi connectivity index (χ4v) is 0.575. The van der Waals surface area contributed by atoms with Gasteiger partial charge in [0.05, 0.1) is 5.75 Å². The molecule has 0 aliphatic heterocycles. The molecule has 3 nitrogen and oxygen atoms in total. The van der Waals surface area contributed by atoms with E-state index in [1.165, 1.54) is 0 Å². The molecule has 46 valence electrons. The third kappa shape index (κ3) is 5.71. The number of aliphatic carboxylic acids is 1. The Balaban J connectivity index is 3.18.